The van der Waals surface area contributed by atoms with Crippen LogP contribution in [0.5, 0.6) is 17.2 Å². The Labute approximate surface area is 218 Å². The highest BCUT2D eigenvalue weighted by Gasteiger charge is 2.32. The SMILES string of the molecule is COc1ccc(COC(=O)CN2CC[C@H](NC(=O)c3cc(Cl)c(N)[nH]c3=O)[C@H](OC)C2)c(OC)c1OC. The number of anilines is 1. The van der Waals surface area contributed by atoms with E-state index in [2.05, 4.69) is 10.3 Å². The molecule has 37 heavy (non-hydrogen) atoms. The molecule has 1 aliphatic heterocycles. The number of nitrogen functional groups attached to an aromatic ring is 1. The third-order valence-corrected chi connectivity index (χ3v) is 6.37. The fraction of sp³-hybridized carbons (Fsp3) is 0.458. The predicted molar refractivity (Wildman–Crippen MR) is 135 cm³/mol. The van der Waals surface area contributed by atoms with Gasteiger partial charge in [-0.1, -0.05) is 11.6 Å². The molecule has 1 saturated heterocycles. The lowest BCUT2D eigenvalue weighted by molar-refractivity contribution is -0.147. The van der Waals surface area contributed by atoms with E-state index in [0.717, 1.165) is 0 Å². The molecule has 2 heterocycles. The van der Waals surface area contributed by atoms with Gasteiger partial charge in [0.15, 0.2) is 11.5 Å². The minimum atomic E-state index is -0.639. The molecule has 3 rings (SSSR count). The molecule has 1 aromatic heterocycles. The molecule has 1 amide bonds. The fourth-order valence-electron chi connectivity index (χ4n) is 4.13. The van der Waals surface area contributed by atoms with E-state index in [0.29, 0.717) is 42.3 Å². The number of ether oxygens (including phenoxy) is 5. The summed E-state index contributed by atoms with van der Waals surface area (Å²) in [6.45, 7) is 0.887. The van der Waals surface area contributed by atoms with Crippen LogP contribution in [0.1, 0.15) is 22.3 Å². The van der Waals surface area contributed by atoms with E-state index in [-0.39, 0.29) is 35.6 Å². The zero-order chi connectivity index (χ0) is 27.1. The van der Waals surface area contributed by atoms with E-state index < -0.39 is 23.5 Å². The van der Waals surface area contributed by atoms with E-state index in [9.17, 15) is 14.4 Å². The number of benzene rings is 1. The van der Waals surface area contributed by atoms with Crippen LogP contribution in [0, 0.1) is 0 Å². The van der Waals surface area contributed by atoms with Gasteiger partial charge in [-0.3, -0.25) is 19.3 Å². The summed E-state index contributed by atoms with van der Waals surface area (Å²) in [7, 11) is 6.03. The van der Waals surface area contributed by atoms with Gasteiger partial charge in [-0.05, 0) is 24.6 Å². The number of H-pyrrole nitrogens is 1. The third kappa shape index (κ3) is 6.64. The van der Waals surface area contributed by atoms with Crippen molar-refractivity contribution in [2.24, 2.45) is 0 Å². The largest absolute Gasteiger partial charge is 0.493 e. The van der Waals surface area contributed by atoms with Crippen LogP contribution in [0.4, 0.5) is 5.82 Å². The number of nitrogens with one attached hydrogen (secondary N) is 2. The van der Waals surface area contributed by atoms with Gasteiger partial charge in [-0.15, -0.1) is 0 Å². The number of hydrogen-bond acceptors (Lipinski definition) is 10. The third-order valence-electron chi connectivity index (χ3n) is 6.06. The van der Waals surface area contributed by atoms with Crippen molar-refractivity contribution in [2.75, 3.05) is 53.8 Å². The molecule has 4 N–H and O–H groups in total. The number of halogens is 1. The van der Waals surface area contributed by atoms with E-state index in [4.69, 9.17) is 41.0 Å². The molecule has 0 aliphatic carbocycles. The number of amides is 1. The van der Waals surface area contributed by atoms with Gasteiger partial charge in [0.25, 0.3) is 11.5 Å². The Kier molecular flexibility index (Phi) is 9.61. The van der Waals surface area contributed by atoms with Crippen LogP contribution in [0.3, 0.4) is 0 Å². The maximum Gasteiger partial charge on any atom is 0.320 e. The van der Waals surface area contributed by atoms with E-state index in [1.165, 1.54) is 34.5 Å². The summed E-state index contributed by atoms with van der Waals surface area (Å²) in [5.41, 5.74) is 5.41. The van der Waals surface area contributed by atoms with Crippen LogP contribution in [0.25, 0.3) is 0 Å². The highest BCUT2D eigenvalue weighted by atomic mass is 35.5. The van der Waals surface area contributed by atoms with Crippen molar-refractivity contribution in [1.29, 1.82) is 0 Å². The lowest BCUT2D eigenvalue weighted by Crippen LogP contribution is -2.56. The summed E-state index contributed by atoms with van der Waals surface area (Å²) in [5.74, 6) is 0.298. The second-order valence-corrected chi connectivity index (χ2v) is 8.71. The maximum absolute atomic E-state index is 12.7. The average molecular weight is 539 g/mol. The number of hydrogen-bond donors (Lipinski definition) is 3. The number of rotatable bonds is 10. The Balaban J connectivity index is 1.57. The lowest BCUT2D eigenvalue weighted by atomic mass is 10.0. The average Bonchev–Trinajstić information content (AvgIpc) is 2.89. The number of methoxy groups -OCH3 is 4. The van der Waals surface area contributed by atoms with Gasteiger partial charge in [0, 0.05) is 25.8 Å². The number of carbonyl (C=O) groups is 2. The molecule has 2 atom stereocenters. The van der Waals surface area contributed by atoms with Gasteiger partial charge in [-0.25, -0.2) is 0 Å². The Morgan fingerprint density at radius 1 is 1.16 bits per heavy atom. The summed E-state index contributed by atoms with van der Waals surface area (Å²) >= 11 is 5.94. The molecule has 0 bridgehead atoms. The highest BCUT2D eigenvalue weighted by Crippen LogP contribution is 2.40. The second-order valence-electron chi connectivity index (χ2n) is 8.31. The standard InChI is InChI=1S/C24H31ClN4O8/c1-33-17-6-5-13(20(35-3)21(17)36-4)12-37-19(30)11-29-8-7-16(18(10-29)34-2)27-23(31)14-9-15(25)22(26)28-24(14)32/h5-6,9,16,18H,7-8,10-12H2,1-4H3,(H,27,31)(H3,26,28,32)/t16-,18+/m0/s1. The molecule has 0 saturated carbocycles. The molecular weight excluding hydrogens is 508 g/mol. The Hall–Kier alpha value is -3.48. The van der Waals surface area contributed by atoms with Gasteiger partial charge < -0.3 is 39.7 Å². The summed E-state index contributed by atoms with van der Waals surface area (Å²) in [4.78, 5) is 41.6. The monoisotopic (exact) mass is 538 g/mol. The summed E-state index contributed by atoms with van der Waals surface area (Å²) in [6, 6.07) is 4.29. The predicted octanol–water partition coefficient (Wildman–Crippen LogP) is 1.20. The molecule has 2 aromatic rings. The topological polar surface area (TPSA) is 154 Å². The van der Waals surface area contributed by atoms with E-state index in [1.54, 1.807) is 12.1 Å². The quantitative estimate of drug-likeness (QED) is 0.376. The molecule has 13 heteroatoms. The first-order chi connectivity index (χ1) is 17.7. The van der Waals surface area contributed by atoms with Crippen molar-refractivity contribution in [1.82, 2.24) is 15.2 Å². The van der Waals surface area contributed by atoms with Crippen molar-refractivity contribution in [3.63, 3.8) is 0 Å². The first-order valence-corrected chi connectivity index (χ1v) is 11.8. The van der Waals surface area contributed by atoms with Gasteiger partial charge in [0.05, 0.1) is 45.0 Å². The first-order valence-electron chi connectivity index (χ1n) is 11.4. The van der Waals surface area contributed by atoms with Gasteiger partial charge >= 0.3 is 5.97 Å². The molecule has 1 aromatic carbocycles. The first kappa shape index (κ1) is 28.1. The van der Waals surface area contributed by atoms with Crippen LogP contribution in [0.15, 0.2) is 23.0 Å². The van der Waals surface area contributed by atoms with Crippen LogP contribution >= 0.6 is 11.6 Å². The minimum absolute atomic E-state index is 0.0113. The second kappa shape index (κ2) is 12.7. The van der Waals surface area contributed by atoms with Crippen molar-refractivity contribution in [3.05, 3.63) is 44.7 Å². The van der Waals surface area contributed by atoms with E-state index >= 15 is 0 Å². The van der Waals surface area contributed by atoms with E-state index in [1.807, 2.05) is 4.90 Å². The van der Waals surface area contributed by atoms with Gasteiger partial charge in [-0.2, -0.15) is 0 Å². The number of likely N-dealkylation sites (tertiary alicyclic amines) is 1. The molecular formula is C24H31ClN4O8. The molecule has 1 aliphatic rings. The number of piperidine rings is 1. The van der Waals surface area contributed by atoms with Gasteiger partial charge in [0.2, 0.25) is 5.75 Å². The number of aromatic amines is 1. The number of aromatic nitrogens is 1. The minimum Gasteiger partial charge on any atom is -0.493 e. The number of nitrogens with zero attached hydrogens (tertiary/aromatic N) is 1. The summed E-state index contributed by atoms with van der Waals surface area (Å²) in [6.07, 6.45) is 0.0709. The lowest BCUT2D eigenvalue weighted by Gasteiger charge is -2.37. The van der Waals surface area contributed by atoms with Crippen LogP contribution in [0.2, 0.25) is 5.02 Å². The Morgan fingerprint density at radius 2 is 1.89 bits per heavy atom. The van der Waals surface area contributed by atoms with Crippen molar-refractivity contribution < 1.29 is 33.3 Å². The van der Waals surface area contributed by atoms with Crippen LogP contribution in [-0.2, 0) is 20.9 Å². The number of pyridine rings is 1. The zero-order valence-corrected chi connectivity index (χ0v) is 21.8. The summed E-state index contributed by atoms with van der Waals surface area (Å²) < 4.78 is 27.1. The summed E-state index contributed by atoms with van der Waals surface area (Å²) in [5, 5.41) is 2.89. The van der Waals surface area contributed by atoms with Crippen molar-refractivity contribution in [3.8, 4) is 17.2 Å². The highest BCUT2D eigenvalue weighted by molar-refractivity contribution is 6.33. The molecule has 0 spiro atoms. The molecule has 202 valence electrons. The Bertz CT molecular complexity index is 1190. The van der Waals surface area contributed by atoms with Crippen LogP contribution in [-0.4, -0.2) is 82.0 Å². The van der Waals surface area contributed by atoms with Crippen LogP contribution < -0.4 is 30.8 Å². The molecule has 12 nitrogen and oxygen atoms in total. The maximum atomic E-state index is 12.7. The Morgan fingerprint density at radius 3 is 2.54 bits per heavy atom. The molecule has 0 unspecified atom stereocenters. The number of esters is 1. The molecule has 1 fully saturated rings. The fourth-order valence-corrected chi connectivity index (χ4v) is 4.28. The zero-order valence-electron chi connectivity index (χ0n) is 21.1. The number of nitrogens with two attached hydrogens (primary N) is 1. The number of carbonyl (C=O) groups excluding carboxylic acids is 2. The normalized spacial score (nSPS) is 17.6. The smallest absolute Gasteiger partial charge is 0.320 e. The van der Waals surface area contributed by atoms with Crippen molar-refractivity contribution >= 4 is 29.3 Å². The van der Waals surface area contributed by atoms with Crippen molar-refractivity contribution in [2.45, 2.75) is 25.2 Å². The molecule has 0 radical (unpaired) electrons. The van der Waals surface area contributed by atoms with Gasteiger partial charge in [0.1, 0.15) is 18.0 Å².